The maximum atomic E-state index is 12.8. The van der Waals surface area contributed by atoms with Crippen molar-refractivity contribution < 1.29 is 18.6 Å². The molecule has 3 unspecified atom stereocenters. The molecule has 3 atom stereocenters. The molecule has 1 heterocycles. The minimum absolute atomic E-state index is 0.187. The van der Waals surface area contributed by atoms with Crippen molar-refractivity contribution in [2.45, 2.75) is 25.7 Å². The number of ether oxygens (including phenoxy) is 1. The molecule has 2 aromatic rings. The lowest BCUT2D eigenvalue weighted by Gasteiger charge is -2.28. The Balaban J connectivity index is 2.29. The van der Waals surface area contributed by atoms with Gasteiger partial charge in [-0.15, -0.1) is 0 Å². The van der Waals surface area contributed by atoms with Crippen LogP contribution < -0.4 is 4.74 Å². The number of hydrogen-bond acceptors (Lipinski definition) is 4. The minimum Gasteiger partial charge on any atom is -0.464 e. The van der Waals surface area contributed by atoms with Gasteiger partial charge in [-0.2, -0.15) is 5.10 Å². The zero-order chi connectivity index (χ0) is 16.3. The van der Waals surface area contributed by atoms with Gasteiger partial charge in [0.1, 0.15) is 24.5 Å². The molecule has 1 aromatic carbocycles. The third kappa shape index (κ3) is 3.85. The van der Waals surface area contributed by atoms with E-state index >= 15 is 0 Å². The molecule has 1 N–H and O–H groups in total. The predicted octanol–water partition coefficient (Wildman–Crippen LogP) is 3.42. The molecule has 2 rings (SSSR count). The van der Waals surface area contributed by atoms with Crippen LogP contribution in [0.1, 0.15) is 13.2 Å². The first-order valence-electron chi connectivity index (χ1n) is 6.32. The summed E-state index contributed by atoms with van der Waals surface area (Å²) in [5.41, 5.74) is 0. The summed E-state index contributed by atoms with van der Waals surface area (Å²) >= 11 is 11.8. The Labute approximate surface area is 135 Å². The van der Waals surface area contributed by atoms with Gasteiger partial charge in [0.25, 0.3) is 0 Å². The summed E-state index contributed by atoms with van der Waals surface area (Å²) in [7, 11) is 0. The van der Waals surface area contributed by atoms with Crippen molar-refractivity contribution in [1.29, 1.82) is 0 Å². The van der Waals surface area contributed by atoms with Gasteiger partial charge in [-0.1, -0.05) is 30.1 Å². The van der Waals surface area contributed by atoms with E-state index in [9.17, 15) is 13.9 Å². The lowest BCUT2D eigenvalue weighted by Crippen LogP contribution is -2.37. The van der Waals surface area contributed by atoms with Gasteiger partial charge in [0.2, 0.25) is 12.7 Å². The molecule has 0 aliphatic heterocycles. The second kappa shape index (κ2) is 7.21. The molecule has 0 spiro atoms. The van der Waals surface area contributed by atoms with Crippen LogP contribution in [0.25, 0.3) is 0 Å². The first-order valence-corrected chi connectivity index (χ1v) is 7.07. The second-order valence-electron chi connectivity index (χ2n) is 4.64. The van der Waals surface area contributed by atoms with E-state index in [4.69, 9.17) is 27.9 Å². The zero-order valence-electron chi connectivity index (χ0n) is 11.4. The molecule has 22 heavy (non-hydrogen) atoms. The first kappa shape index (κ1) is 16.9. The lowest BCUT2D eigenvalue weighted by molar-refractivity contribution is -0.0845. The molecule has 0 fully saturated rings. The molecule has 0 aliphatic carbocycles. The fourth-order valence-electron chi connectivity index (χ4n) is 1.74. The van der Waals surface area contributed by atoms with Crippen LogP contribution in [0.2, 0.25) is 10.0 Å². The molecule has 0 saturated heterocycles. The Morgan fingerprint density at radius 1 is 1.32 bits per heavy atom. The zero-order valence-corrected chi connectivity index (χ0v) is 12.9. The highest BCUT2D eigenvalue weighted by Gasteiger charge is 2.34. The van der Waals surface area contributed by atoms with Crippen molar-refractivity contribution in [3.63, 3.8) is 0 Å². The van der Waals surface area contributed by atoms with Crippen LogP contribution >= 0.6 is 23.2 Å². The molecular formula is C13H13Cl2F2N3O2. The SMILES string of the molecule is CC(C(F)F)C(O)C(Oc1ccc(Cl)cc1Cl)n1cncn1. The van der Waals surface area contributed by atoms with Crippen LogP contribution in [-0.2, 0) is 0 Å². The van der Waals surface area contributed by atoms with E-state index < -0.39 is 24.7 Å². The summed E-state index contributed by atoms with van der Waals surface area (Å²) in [6, 6.07) is 4.46. The molecule has 0 amide bonds. The highest BCUT2D eigenvalue weighted by Crippen LogP contribution is 2.32. The van der Waals surface area contributed by atoms with Crippen molar-refractivity contribution in [3.05, 3.63) is 40.9 Å². The van der Waals surface area contributed by atoms with Crippen molar-refractivity contribution >= 4 is 23.2 Å². The number of aliphatic hydroxyl groups is 1. The third-order valence-electron chi connectivity index (χ3n) is 3.07. The van der Waals surface area contributed by atoms with E-state index in [-0.39, 0.29) is 10.8 Å². The highest BCUT2D eigenvalue weighted by atomic mass is 35.5. The van der Waals surface area contributed by atoms with Gasteiger partial charge in [0.15, 0.2) is 0 Å². The van der Waals surface area contributed by atoms with E-state index in [1.54, 1.807) is 0 Å². The van der Waals surface area contributed by atoms with E-state index in [0.29, 0.717) is 5.02 Å². The van der Waals surface area contributed by atoms with Crippen LogP contribution in [0, 0.1) is 5.92 Å². The Morgan fingerprint density at radius 2 is 2.05 bits per heavy atom. The third-order valence-corrected chi connectivity index (χ3v) is 3.60. The van der Waals surface area contributed by atoms with Crippen molar-refractivity contribution in [2.75, 3.05) is 0 Å². The van der Waals surface area contributed by atoms with Gasteiger partial charge in [0.05, 0.1) is 5.02 Å². The van der Waals surface area contributed by atoms with Crippen LogP contribution in [0.4, 0.5) is 8.78 Å². The standard InChI is InChI=1S/C13H13Cl2F2N3O2/c1-7(12(16)17)11(21)13(20-6-18-5-19-20)22-10-3-2-8(14)4-9(10)15/h2-7,11-13,21H,1H3. The van der Waals surface area contributed by atoms with Gasteiger partial charge in [-0.25, -0.2) is 18.4 Å². The molecule has 0 aliphatic rings. The topological polar surface area (TPSA) is 60.2 Å². The second-order valence-corrected chi connectivity index (χ2v) is 5.49. The Kier molecular flexibility index (Phi) is 5.55. The van der Waals surface area contributed by atoms with Gasteiger partial charge < -0.3 is 9.84 Å². The molecule has 0 bridgehead atoms. The summed E-state index contributed by atoms with van der Waals surface area (Å²) in [4.78, 5) is 3.73. The fraction of sp³-hybridized carbons (Fsp3) is 0.385. The minimum atomic E-state index is -2.72. The van der Waals surface area contributed by atoms with E-state index in [0.717, 1.165) is 4.68 Å². The van der Waals surface area contributed by atoms with Gasteiger partial charge >= 0.3 is 0 Å². The number of rotatable bonds is 6. The van der Waals surface area contributed by atoms with Crippen LogP contribution in [0.5, 0.6) is 5.75 Å². The summed E-state index contributed by atoms with van der Waals surface area (Å²) < 4.78 is 32.4. The summed E-state index contributed by atoms with van der Waals surface area (Å²) in [6.07, 6.45) is -2.97. The smallest absolute Gasteiger partial charge is 0.243 e. The average molecular weight is 352 g/mol. The Hall–Kier alpha value is -1.44. The average Bonchev–Trinajstić information content (AvgIpc) is 2.99. The first-order chi connectivity index (χ1) is 10.4. The fourth-order valence-corrected chi connectivity index (χ4v) is 2.19. The Bertz CT molecular complexity index is 613. The maximum Gasteiger partial charge on any atom is 0.243 e. The van der Waals surface area contributed by atoms with Crippen LogP contribution in [-0.4, -0.2) is 32.4 Å². The van der Waals surface area contributed by atoms with E-state index in [1.165, 1.54) is 37.8 Å². The van der Waals surface area contributed by atoms with Crippen molar-refractivity contribution in [1.82, 2.24) is 14.8 Å². The molecule has 1 aromatic heterocycles. The maximum absolute atomic E-state index is 12.8. The van der Waals surface area contributed by atoms with Gasteiger partial charge in [0, 0.05) is 10.9 Å². The molecule has 5 nitrogen and oxygen atoms in total. The number of nitrogens with zero attached hydrogens (tertiary/aromatic N) is 3. The van der Waals surface area contributed by atoms with Crippen LogP contribution in [0.15, 0.2) is 30.9 Å². The van der Waals surface area contributed by atoms with Crippen molar-refractivity contribution in [2.24, 2.45) is 5.92 Å². The number of hydrogen-bond donors (Lipinski definition) is 1. The molecule has 0 saturated carbocycles. The molecule has 0 radical (unpaired) electrons. The molecule has 9 heteroatoms. The largest absolute Gasteiger partial charge is 0.464 e. The summed E-state index contributed by atoms with van der Waals surface area (Å²) in [5.74, 6) is -1.15. The number of alkyl halides is 2. The monoisotopic (exact) mass is 351 g/mol. The van der Waals surface area contributed by atoms with Crippen molar-refractivity contribution in [3.8, 4) is 5.75 Å². The normalized spacial score (nSPS) is 15.6. The molecular weight excluding hydrogens is 339 g/mol. The highest BCUT2D eigenvalue weighted by molar-refractivity contribution is 6.35. The van der Waals surface area contributed by atoms with Crippen LogP contribution in [0.3, 0.4) is 0 Å². The number of halogens is 4. The van der Waals surface area contributed by atoms with Gasteiger partial charge in [-0.05, 0) is 18.2 Å². The summed E-state index contributed by atoms with van der Waals surface area (Å²) in [6.45, 7) is 1.21. The quantitative estimate of drug-likeness (QED) is 0.866. The number of aliphatic hydroxyl groups excluding tert-OH is 1. The number of benzene rings is 1. The lowest BCUT2D eigenvalue weighted by atomic mass is 10.0. The number of aromatic nitrogens is 3. The van der Waals surface area contributed by atoms with E-state index in [1.807, 2.05) is 0 Å². The predicted molar refractivity (Wildman–Crippen MR) is 77.3 cm³/mol. The van der Waals surface area contributed by atoms with E-state index in [2.05, 4.69) is 10.1 Å². The summed E-state index contributed by atoms with van der Waals surface area (Å²) in [5, 5.41) is 14.6. The molecule has 120 valence electrons. The van der Waals surface area contributed by atoms with Gasteiger partial charge in [-0.3, -0.25) is 0 Å². The Morgan fingerprint density at radius 3 is 2.59 bits per heavy atom.